The molecule has 1 aliphatic rings. The molecule has 0 aromatic carbocycles. The highest BCUT2D eigenvalue weighted by molar-refractivity contribution is 4.59. The van der Waals surface area contributed by atoms with Crippen molar-refractivity contribution in [1.82, 2.24) is 4.90 Å². The van der Waals surface area contributed by atoms with Crippen molar-refractivity contribution < 1.29 is 4.65 Å². The van der Waals surface area contributed by atoms with Crippen LogP contribution in [-0.4, -0.2) is 42.4 Å². The van der Waals surface area contributed by atoms with E-state index in [9.17, 15) is 5.21 Å². The van der Waals surface area contributed by atoms with Gasteiger partial charge in [-0.2, -0.15) is 0 Å². The van der Waals surface area contributed by atoms with Crippen LogP contribution in [0.4, 0.5) is 0 Å². The molecule has 1 heterocycles. The van der Waals surface area contributed by atoms with Crippen molar-refractivity contribution in [3.05, 3.63) is 5.21 Å². The van der Waals surface area contributed by atoms with Gasteiger partial charge in [0.1, 0.15) is 6.67 Å². The molecule has 0 saturated carbocycles. The summed E-state index contributed by atoms with van der Waals surface area (Å²) in [5.41, 5.74) is 0. The SMILES string of the molecule is CCN1CC[N+]([O-])(CC)C1. The van der Waals surface area contributed by atoms with Crippen molar-refractivity contribution in [2.45, 2.75) is 13.8 Å². The molecule has 1 unspecified atom stereocenters. The Bertz CT molecular complexity index is 118. The minimum atomic E-state index is -0.00611. The Labute approximate surface area is 62.4 Å². The van der Waals surface area contributed by atoms with E-state index in [1.54, 1.807) is 0 Å². The van der Waals surface area contributed by atoms with Crippen LogP contribution in [0, 0.1) is 5.21 Å². The van der Waals surface area contributed by atoms with Crippen LogP contribution in [0.25, 0.3) is 0 Å². The van der Waals surface area contributed by atoms with Crippen molar-refractivity contribution in [3.8, 4) is 0 Å². The van der Waals surface area contributed by atoms with E-state index in [0.717, 1.165) is 26.2 Å². The standard InChI is InChI=1S/C7H16N2O/c1-3-8-5-6-9(10,4-2)7-8/h3-7H2,1-2H3. The Morgan fingerprint density at radius 3 is 2.50 bits per heavy atom. The molecule has 10 heavy (non-hydrogen) atoms. The largest absolute Gasteiger partial charge is 0.632 e. The Balaban J connectivity index is 2.41. The van der Waals surface area contributed by atoms with E-state index in [-0.39, 0.29) is 4.65 Å². The maximum atomic E-state index is 11.5. The van der Waals surface area contributed by atoms with Crippen molar-refractivity contribution in [2.24, 2.45) is 0 Å². The summed E-state index contributed by atoms with van der Waals surface area (Å²) in [4.78, 5) is 2.20. The van der Waals surface area contributed by atoms with Gasteiger partial charge >= 0.3 is 0 Å². The molecule has 1 saturated heterocycles. The predicted octanol–water partition coefficient (Wildman–Crippen LogP) is 0.614. The first-order valence-electron chi connectivity index (χ1n) is 3.99. The molecule has 1 atom stereocenters. The number of hydrogen-bond donors (Lipinski definition) is 0. The number of hydroxylamine groups is 3. The number of nitrogens with zero attached hydrogens (tertiary/aromatic N) is 2. The number of quaternary nitrogens is 1. The Morgan fingerprint density at radius 1 is 1.50 bits per heavy atom. The van der Waals surface area contributed by atoms with E-state index in [2.05, 4.69) is 11.8 Å². The van der Waals surface area contributed by atoms with Crippen molar-refractivity contribution in [3.63, 3.8) is 0 Å². The lowest BCUT2D eigenvalue weighted by Crippen LogP contribution is -2.40. The second-order valence-electron chi connectivity index (χ2n) is 2.95. The molecule has 1 aliphatic heterocycles. The summed E-state index contributed by atoms with van der Waals surface area (Å²) in [6, 6.07) is 0. The highest BCUT2D eigenvalue weighted by Crippen LogP contribution is 2.12. The number of hydrogen-bond acceptors (Lipinski definition) is 2. The fraction of sp³-hybridized carbons (Fsp3) is 1.00. The summed E-state index contributed by atoms with van der Waals surface area (Å²) in [6.45, 7) is 8.27. The van der Waals surface area contributed by atoms with Gasteiger partial charge in [-0.05, 0) is 6.92 Å². The van der Waals surface area contributed by atoms with Crippen LogP contribution in [0.3, 0.4) is 0 Å². The van der Waals surface area contributed by atoms with Crippen molar-refractivity contribution in [1.29, 1.82) is 0 Å². The van der Waals surface area contributed by atoms with Gasteiger partial charge in [0.05, 0.1) is 19.6 Å². The van der Waals surface area contributed by atoms with Crippen LogP contribution in [0.5, 0.6) is 0 Å². The molecule has 1 fully saturated rings. The molecule has 0 aliphatic carbocycles. The van der Waals surface area contributed by atoms with E-state index >= 15 is 0 Å². The van der Waals surface area contributed by atoms with Crippen molar-refractivity contribution >= 4 is 0 Å². The normalized spacial score (nSPS) is 35.1. The zero-order chi connectivity index (χ0) is 7.61. The van der Waals surface area contributed by atoms with Gasteiger partial charge in [0.15, 0.2) is 0 Å². The first-order chi connectivity index (χ1) is 4.70. The molecule has 60 valence electrons. The average Bonchev–Trinajstić information content (AvgIpc) is 2.33. The molecule has 0 aromatic heterocycles. The van der Waals surface area contributed by atoms with E-state index in [1.807, 2.05) is 6.92 Å². The molecule has 0 N–H and O–H groups in total. The van der Waals surface area contributed by atoms with Gasteiger partial charge < -0.3 is 9.85 Å². The fourth-order valence-electron chi connectivity index (χ4n) is 1.35. The molecule has 0 spiro atoms. The summed E-state index contributed by atoms with van der Waals surface area (Å²) in [7, 11) is 0. The van der Waals surface area contributed by atoms with Gasteiger partial charge in [-0.25, -0.2) is 0 Å². The Morgan fingerprint density at radius 2 is 2.20 bits per heavy atom. The van der Waals surface area contributed by atoms with Gasteiger partial charge in [-0.15, -0.1) is 0 Å². The first-order valence-corrected chi connectivity index (χ1v) is 3.99. The Kier molecular flexibility index (Phi) is 2.28. The van der Waals surface area contributed by atoms with E-state index in [1.165, 1.54) is 0 Å². The topological polar surface area (TPSA) is 26.3 Å². The smallest absolute Gasteiger partial charge is 0.135 e. The van der Waals surface area contributed by atoms with Crippen LogP contribution in [-0.2, 0) is 0 Å². The molecule has 3 nitrogen and oxygen atoms in total. The third-order valence-electron chi connectivity index (χ3n) is 2.31. The maximum absolute atomic E-state index is 11.5. The quantitative estimate of drug-likeness (QED) is 0.419. The van der Waals surface area contributed by atoms with Crippen LogP contribution in [0.1, 0.15) is 13.8 Å². The molecule has 0 aromatic rings. The molecule has 3 heteroatoms. The summed E-state index contributed by atoms with van der Waals surface area (Å²) < 4.78 is -0.00611. The maximum Gasteiger partial charge on any atom is 0.135 e. The van der Waals surface area contributed by atoms with Crippen LogP contribution < -0.4 is 0 Å². The zero-order valence-corrected chi connectivity index (χ0v) is 6.84. The average molecular weight is 144 g/mol. The van der Waals surface area contributed by atoms with E-state index < -0.39 is 0 Å². The van der Waals surface area contributed by atoms with Crippen LogP contribution in [0.2, 0.25) is 0 Å². The summed E-state index contributed by atoms with van der Waals surface area (Å²) in [5, 5.41) is 11.5. The zero-order valence-electron chi connectivity index (χ0n) is 6.84. The second-order valence-corrected chi connectivity index (χ2v) is 2.95. The lowest BCUT2D eigenvalue weighted by atomic mass is 10.5. The molecule has 0 amide bonds. The third-order valence-corrected chi connectivity index (χ3v) is 2.31. The number of likely N-dealkylation sites (N-methyl/N-ethyl adjacent to an activating group) is 2. The van der Waals surface area contributed by atoms with Crippen LogP contribution in [0.15, 0.2) is 0 Å². The molecular weight excluding hydrogens is 128 g/mol. The predicted molar refractivity (Wildman–Crippen MR) is 41.1 cm³/mol. The lowest BCUT2D eigenvalue weighted by molar-refractivity contribution is -0.870. The van der Waals surface area contributed by atoms with Gasteiger partial charge in [0.25, 0.3) is 0 Å². The highest BCUT2D eigenvalue weighted by atomic mass is 16.6. The van der Waals surface area contributed by atoms with Gasteiger partial charge in [-0.1, -0.05) is 6.92 Å². The van der Waals surface area contributed by atoms with Crippen molar-refractivity contribution in [2.75, 3.05) is 32.8 Å². The summed E-state index contributed by atoms with van der Waals surface area (Å²) in [5.74, 6) is 0. The minimum absolute atomic E-state index is 0.00611. The monoisotopic (exact) mass is 144 g/mol. The van der Waals surface area contributed by atoms with Gasteiger partial charge in [0, 0.05) is 6.54 Å². The Hall–Kier alpha value is -0.120. The molecule has 0 bridgehead atoms. The van der Waals surface area contributed by atoms with E-state index in [0.29, 0.717) is 6.67 Å². The summed E-state index contributed by atoms with van der Waals surface area (Å²) >= 11 is 0. The number of rotatable bonds is 2. The fourth-order valence-corrected chi connectivity index (χ4v) is 1.35. The van der Waals surface area contributed by atoms with Gasteiger partial charge in [0.2, 0.25) is 0 Å². The van der Waals surface area contributed by atoms with Gasteiger partial charge in [-0.3, -0.25) is 4.90 Å². The third kappa shape index (κ3) is 1.48. The molecule has 1 rings (SSSR count). The first kappa shape index (κ1) is 7.98. The molecule has 0 radical (unpaired) electrons. The van der Waals surface area contributed by atoms with E-state index in [4.69, 9.17) is 0 Å². The highest BCUT2D eigenvalue weighted by Gasteiger charge is 2.25. The lowest BCUT2D eigenvalue weighted by Gasteiger charge is -2.36. The molecular formula is C7H16N2O. The van der Waals surface area contributed by atoms with Crippen LogP contribution >= 0.6 is 0 Å². The minimum Gasteiger partial charge on any atom is -0.632 e. The second kappa shape index (κ2) is 2.86. The summed E-state index contributed by atoms with van der Waals surface area (Å²) in [6.07, 6.45) is 0.